The van der Waals surface area contributed by atoms with Crippen LogP contribution in [0.1, 0.15) is 36.1 Å². The van der Waals surface area contributed by atoms with Gasteiger partial charge in [0, 0.05) is 28.1 Å². The van der Waals surface area contributed by atoms with E-state index in [0.717, 1.165) is 29.5 Å². The van der Waals surface area contributed by atoms with Crippen LogP contribution in [0.25, 0.3) is 22.3 Å². The molecule has 4 atom stereocenters. The molecule has 2 N–H and O–H groups in total. The third kappa shape index (κ3) is 3.89. The van der Waals surface area contributed by atoms with Gasteiger partial charge in [-0.1, -0.05) is 18.7 Å². The minimum absolute atomic E-state index is 0.0105. The predicted octanol–water partition coefficient (Wildman–Crippen LogP) is 3.08. The molecule has 1 amide bonds. The molecule has 5 heterocycles. The van der Waals surface area contributed by atoms with Crippen molar-refractivity contribution in [3.63, 3.8) is 0 Å². The van der Waals surface area contributed by atoms with Crippen LogP contribution in [0.2, 0.25) is 0 Å². The van der Waals surface area contributed by atoms with E-state index in [1.165, 1.54) is 6.08 Å². The smallest absolute Gasteiger partial charge is 0.246 e. The number of piperidine rings is 1. The Balaban J connectivity index is 1.44. The minimum atomic E-state index is -0.238. The molecule has 182 valence electrons. The van der Waals surface area contributed by atoms with Crippen LogP contribution in [0, 0.1) is 0 Å². The van der Waals surface area contributed by atoms with E-state index in [9.17, 15) is 9.90 Å². The van der Waals surface area contributed by atoms with Crippen molar-refractivity contribution in [3.8, 4) is 17.0 Å². The predicted molar refractivity (Wildman–Crippen MR) is 128 cm³/mol. The van der Waals surface area contributed by atoms with E-state index in [2.05, 4.69) is 21.8 Å². The minimum Gasteiger partial charge on any atom is -0.507 e. The number of aromatic amines is 1. The fraction of sp³-hybridized carbons (Fsp3) is 0.423. The Morgan fingerprint density at radius 1 is 1.11 bits per heavy atom. The monoisotopic (exact) mass is 476 g/mol. The van der Waals surface area contributed by atoms with Crippen molar-refractivity contribution in [3.05, 3.63) is 54.2 Å². The highest BCUT2D eigenvalue weighted by molar-refractivity contribution is 5.88. The van der Waals surface area contributed by atoms with Gasteiger partial charge in [-0.3, -0.25) is 4.79 Å². The maximum Gasteiger partial charge on any atom is 0.246 e. The van der Waals surface area contributed by atoms with Gasteiger partial charge in [0.25, 0.3) is 0 Å². The average molecular weight is 477 g/mol. The number of nitrogens with zero attached hydrogens (tertiary/aromatic N) is 3. The third-order valence-corrected chi connectivity index (χ3v) is 7.30. The second kappa shape index (κ2) is 9.07. The molecule has 0 aliphatic carbocycles. The van der Waals surface area contributed by atoms with Crippen molar-refractivity contribution < 1.29 is 24.1 Å². The zero-order chi connectivity index (χ0) is 23.9. The molecule has 3 saturated heterocycles. The Morgan fingerprint density at radius 2 is 1.91 bits per heavy atom. The first-order chi connectivity index (χ1) is 17.1. The highest BCUT2D eigenvalue weighted by Crippen LogP contribution is 2.43. The number of hydrogen-bond acceptors (Lipinski definition) is 7. The fourth-order valence-corrected chi connectivity index (χ4v) is 5.79. The number of benzene rings is 1. The first-order valence-electron chi connectivity index (χ1n) is 12.0. The van der Waals surface area contributed by atoms with E-state index in [-0.39, 0.29) is 35.8 Å². The highest BCUT2D eigenvalue weighted by atomic mass is 16.6. The number of carbonyl (C=O) groups excluding carboxylic acids is 1. The largest absolute Gasteiger partial charge is 0.507 e. The normalized spacial score (nSPS) is 26.6. The average Bonchev–Trinajstić information content (AvgIpc) is 3.27. The summed E-state index contributed by atoms with van der Waals surface area (Å²) in [7, 11) is 0. The standard InChI is InChI=1S/C26H28N4O5/c1-2-23(32)30-16-9-15(10-17(30)13-34-12-16)25-24(22-14-33-7-8-35-22)19-11-20(28-29-26(19)27-25)18-5-3-4-6-21(18)31/h2-6,11,15-17,22,31H,1,7-10,12-14H2,(H,27,29)/t15?,16-,17?,22+/m1/s1. The lowest BCUT2D eigenvalue weighted by Crippen LogP contribution is -2.58. The number of fused-ring (bicyclic) bond motifs is 3. The molecule has 3 aliphatic rings. The molecule has 9 nitrogen and oxygen atoms in total. The maximum absolute atomic E-state index is 12.5. The van der Waals surface area contributed by atoms with Gasteiger partial charge >= 0.3 is 0 Å². The summed E-state index contributed by atoms with van der Waals surface area (Å²) in [6.45, 7) is 6.26. The Labute approximate surface area is 202 Å². The molecule has 3 fully saturated rings. The number of aromatic hydroxyl groups is 1. The Kier molecular flexibility index (Phi) is 5.75. The molecule has 2 bridgehead atoms. The molecule has 0 radical (unpaired) electrons. The number of phenols is 1. The molecule has 3 aliphatic heterocycles. The van der Waals surface area contributed by atoms with Gasteiger partial charge in [-0.15, -0.1) is 10.2 Å². The van der Waals surface area contributed by atoms with Crippen LogP contribution in [0.3, 0.4) is 0 Å². The molecule has 6 rings (SSSR count). The lowest BCUT2D eigenvalue weighted by molar-refractivity contribution is -0.146. The van der Waals surface area contributed by atoms with Crippen LogP contribution < -0.4 is 0 Å². The molecular formula is C26H28N4O5. The molecular weight excluding hydrogens is 448 g/mol. The first-order valence-corrected chi connectivity index (χ1v) is 12.0. The van der Waals surface area contributed by atoms with Gasteiger partial charge in [0.2, 0.25) is 5.91 Å². The number of hydrogen-bond donors (Lipinski definition) is 2. The molecule has 1 aromatic carbocycles. The fourth-order valence-electron chi connectivity index (χ4n) is 5.79. The maximum atomic E-state index is 12.5. The Bertz CT molecular complexity index is 1250. The van der Waals surface area contributed by atoms with Crippen LogP contribution >= 0.6 is 0 Å². The van der Waals surface area contributed by atoms with Gasteiger partial charge < -0.3 is 29.2 Å². The van der Waals surface area contributed by atoms with Crippen molar-refractivity contribution in [1.29, 1.82) is 0 Å². The quantitative estimate of drug-likeness (QED) is 0.557. The van der Waals surface area contributed by atoms with Gasteiger partial charge in [0.1, 0.15) is 11.9 Å². The number of amides is 1. The third-order valence-electron chi connectivity index (χ3n) is 7.30. The number of rotatable bonds is 4. The second-order valence-electron chi connectivity index (χ2n) is 9.36. The number of carbonyl (C=O) groups is 1. The first kappa shape index (κ1) is 22.2. The summed E-state index contributed by atoms with van der Waals surface area (Å²) in [5.74, 6) is 0.287. The molecule has 3 aromatic rings. The van der Waals surface area contributed by atoms with Gasteiger partial charge in [-0.25, -0.2) is 0 Å². The number of phenolic OH excluding ortho intramolecular Hbond substituents is 1. The summed E-state index contributed by atoms with van der Waals surface area (Å²) in [5.41, 5.74) is 3.98. The molecule has 0 saturated carbocycles. The summed E-state index contributed by atoms with van der Waals surface area (Å²) < 4.78 is 17.7. The summed E-state index contributed by atoms with van der Waals surface area (Å²) in [5, 5.41) is 20.2. The summed E-state index contributed by atoms with van der Waals surface area (Å²) in [6, 6.07) is 9.05. The zero-order valence-corrected chi connectivity index (χ0v) is 19.4. The van der Waals surface area contributed by atoms with E-state index in [1.54, 1.807) is 12.1 Å². The molecule has 35 heavy (non-hydrogen) atoms. The number of ether oxygens (including phenoxy) is 3. The van der Waals surface area contributed by atoms with Crippen LogP contribution in [0.5, 0.6) is 5.75 Å². The van der Waals surface area contributed by atoms with Crippen molar-refractivity contribution in [2.45, 2.75) is 36.9 Å². The van der Waals surface area contributed by atoms with Crippen LogP contribution in [-0.4, -0.2) is 76.2 Å². The Morgan fingerprint density at radius 3 is 2.63 bits per heavy atom. The van der Waals surface area contributed by atoms with E-state index < -0.39 is 0 Å². The molecule has 0 spiro atoms. The topological polar surface area (TPSA) is 110 Å². The number of aromatic nitrogens is 3. The molecule has 2 unspecified atom stereocenters. The number of morpholine rings is 1. The lowest BCUT2D eigenvalue weighted by Gasteiger charge is -2.48. The van der Waals surface area contributed by atoms with Crippen LogP contribution in [0.15, 0.2) is 43.0 Å². The summed E-state index contributed by atoms with van der Waals surface area (Å²) in [4.78, 5) is 18.0. The number of H-pyrrole nitrogens is 1. The van der Waals surface area contributed by atoms with Crippen molar-refractivity contribution in [1.82, 2.24) is 20.1 Å². The Hall–Kier alpha value is -3.27. The van der Waals surface area contributed by atoms with Gasteiger partial charge in [0.05, 0.1) is 50.8 Å². The second-order valence-corrected chi connectivity index (χ2v) is 9.36. The van der Waals surface area contributed by atoms with Crippen molar-refractivity contribution in [2.75, 3.05) is 33.0 Å². The van der Waals surface area contributed by atoms with Crippen molar-refractivity contribution >= 4 is 16.9 Å². The number of para-hydroxylation sites is 1. The number of nitrogens with one attached hydrogen (secondary N) is 1. The van der Waals surface area contributed by atoms with Gasteiger partial charge in [0.15, 0.2) is 5.65 Å². The van der Waals surface area contributed by atoms with Crippen LogP contribution in [0.4, 0.5) is 0 Å². The summed E-state index contributed by atoms with van der Waals surface area (Å²) in [6.07, 6.45) is 2.69. The van der Waals surface area contributed by atoms with Crippen LogP contribution in [-0.2, 0) is 19.0 Å². The van der Waals surface area contributed by atoms with Gasteiger partial charge in [-0.2, -0.15) is 0 Å². The van der Waals surface area contributed by atoms with E-state index in [0.29, 0.717) is 49.9 Å². The lowest BCUT2D eigenvalue weighted by atomic mass is 9.81. The SMILES string of the molecule is C=CC(=O)N1C2COC[C@H]1CC(c1[nH]c3nnc(-c4ccccc4O)cc3c1[C@@H]1COCCO1)C2. The van der Waals surface area contributed by atoms with E-state index in [1.807, 2.05) is 23.1 Å². The van der Waals surface area contributed by atoms with Gasteiger partial charge in [-0.05, 0) is 37.1 Å². The van der Waals surface area contributed by atoms with Crippen molar-refractivity contribution in [2.24, 2.45) is 0 Å². The zero-order valence-electron chi connectivity index (χ0n) is 19.4. The summed E-state index contributed by atoms with van der Waals surface area (Å²) >= 11 is 0. The highest BCUT2D eigenvalue weighted by Gasteiger charge is 2.43. The molecule has 2 aromatic heterocycles. The van der Waals surface area contributed by atoms with E-state index >= 15 is 0 Å². The molecule has 9 heteroatoms. The van der Waals surface area contributed by atoms with E-state index in [4.69, 9.17) is 14.2 Å².